The van der Waals surface area contributed by atoms with E-state index in [0.29, 0.717) is 5.75 Å². The summed E-state index contributed by atoms with van der Waals surface area (Å²) in [6.45, 7) is 3.32. The van der Waals surface area contributed by atoms with Crippen molar-refractivity contribution in [2.24, 2.45) is 0 Å². The largest absolute Gasteiger partial charge is 0.484 e. The summed E-state index contributed by atoms with van der Waals surface area (Å²) >= 11 is 0. The van der Waals surface area contributed by atoms with Crippen LogP contribution < -0.4 is 15.4 Å². The van der Waals surface area contributed by atoms with Crippen LogP contribution in [0.2, 0.25) is 0 Å². The van der Waals surface area contributed by atoms with Gasteiger partial charge in [0.15, 0.2) is 6.61 Å². The molecule has 0 radical (unpaired) electrons. The molecular weight excluding hydrogens is 358 g/mol. The Labute approximate surface area is 164 Å². The number of amides is 3. The van der Waals surface area contributed by atoms with Crippen LogP contribution in [0.15, 0.2) is 48.5 Å². The summed E-state index contributed by atoms with van der Waals surface area (Å²) < 4.78 is 5.31. The predicted molar refractivity (Wildman–Crippen MR) is 107 cm³/mol. The Balaban J connectivity index is 1.74. The fourth-order valence-electron chi connectivity index (χ4n) is 2.52. The van der Waals surface area contributed by atoms with Gasteiger partial charge >= 0.3 is 0 Å². The van der Waals surface area contributed by atoms with E-state index in [4.69, 9.17) is 4.74 Å². The molecule has 7 nitrogen and oxygen atoms in total. The molecule has 0 spiro atoms. The lowest BCUT2D eigenvalue weighted by molar-refractivity contribution is -0.134. The van der Waals surface area contributed by atoms with Crippen LogP contribution in [0.3, 0.4) is 0 Å². The van der Waals surface area contributed by atoms with Crippen LogP contribution in [0, 0.1) is 13.8 Å². The summed E-state index contributed by atoms with van der Waals surface area (Å²) in [7, 11) is 1.51. The average molecular weight is 383 g/mol. The molecule has 0 saturated heterocycles. The number of carbonyl (C=O) groups is 3. The van der Waals surface area contributed by atoms with Gasteiger partial charge in [-0.05, 0) is 37.1 Å². The number of anilines is 1. The van der Waals surface area contributed by atoms with E-state index >= 15 is 0 Å². The van der Waals surface area contributed by atoms with Crippen molar-refractivity contribution in [1.82, 2.24) is 10.2 Å². The van der Waals surface area contributed by atoms with E-state index in [1.54, 1.807) is 24.3 Å². The molecule has 0 aliphatic heterocycles. The first kappa shape index (κ1) is 21.0. The number of rotatable bonds is 8. The molecule has 0 aromatic heterocycles. The molecule has 0 aliphatic rings. The minimum Gasteiger partial charge on any atom is -0.484 e. The topological polar surface area (TPSA) is 87.7 Å². The number of aryl methyl sites for hydroxylation is 2. The molecule has 3 amide bonds. The fourth-order valence-corrected chi connectivity index (χ4v) is 2.52. The minimum atomic E-state index is -0.411. The Bertz CT molecular complexity index is 817. The number of benzene rings is 2. The molecule has 7 heteroatoms. The van der Waals surface area contributed by atoms with Crippen LogP contribution in [0.1, 0.15) is 11.1 Å². The van der Waals surface area contributed by atoms with Gasteiger partial charge in [-0.3, -0.25) is 14.4 Å². The van der Waals surface area contributed by atoms with Gasteiger partial charge in [0.25, 0.3) is 5.91 Å². The quantitative estimate of drug-likeness (QED) is 0.729. The number of nitrogens with zero attached hydrogens (tertiary/aromatic N) is 1. The number of likely N-dealkylation sites (N-methyl/N-ethyl adjacent to an activating group) is 1. The maximum absolute atomic E-state index is 12.2. The third-order valence-corrected chi connectivity index (χ3v) is 4.10. The van der Waals surface area contributed by atoms with E-state index in [2.05, 4.69) is 10.6 Å². The molecule has 28 heavy (non-hydrogen) atoms. The van der Waals surface area contributed by atoms with Crippen molar-refractivity contribution in [3.05, 3.63) is 59.7 Å². The van der Waals surface area contributed by atoms with Crippen LogP contribution in [-0.4, -0.2) is 49.4 Å². The van der Waals surface area contributed by atoms with Crippen LogP contribution in [0.25, 0.3) is 0 Å². The van der Waals surface area contributed by atoms with Crippen molar-refractivity contribution in [3.8, 4) is 5.75 Å². The van der Waals surface area contributed by atoms with E-state index in [1.165, 1.54) is 11.9 Å². The second kappa shape index (κ2) is 10.1. The standard InChI is InChI=1S/C21H25N3O4/c1-15-8-7-9-16(2)21(15)23-18(25)13-24(3)20(27)12-22-19(26)14-28-17-10-5-4-6-11-17/h4-11H,12-14H2,1-3H3,(H,22,26)(H,23,25). The maximum Gasteiger partial charge on any atom is 0.258 e. The van der Waals surface area contributed by atoms with Crippen LogP contribution in [0.4, 0.5) is 5.69 Å². The summed E-state index contributed by atoms with van der Waals surface area (Å²) in [6.07, 6.45) is 0. The Morgan fingerprint density at radius 2 is 1.57 bits per heavy atom. The second-order valence-electron chi connectivity index (χ2n) is 6.44. The molecule has 2 rings (SSSR count). The molecule has 0 heterocycles. The zero-order chi connectivity index (χ0) is 20.5. The van der Waals surface area contributed by atoms with Gasteiger partial charge < -0.3 is 20.3 Å². The lowest BCUT2D eigenvalue weighted by Crippen LogP contribution is -2.42. The number of hydrogen-bond acceptors (Lipinski definition) is 4. The third kappa shape index (κ3) is 6.42. The van der Waals surface area contributed by atoms with E-state index in [1.807, 2.05) is 38.1 Å². The predicted octanol–water partition coefficient (Wildman–Crippen LogP) is 1.90. The Morgan fingerprint density at radius 3 is 2.21 bits per heavy atom. The molecule has 0 bridgehead atoms. The number of carbonyl (C=O) groups excluding carboxylic acids is 3. The van der Waals surface area contributed by atoms with Crippen LogP contribution >= 0.6 is 0 Å². The molecule has 2 N–H and O–H groups in total. The molecular formula is C21H25N3O4. The maximum atomic E-state index is 12.2. The number of hydrogen-bond donors (Lipinski definition) is 2. The van der Waals surface area contributed by atoms with Gasteiger partial charge in [-0.2, -0.15) is 0 Å². The molecule has 0 saturated carbocycles. The normalized spacial score (nSPS) is 10.1. The monoisotopic (exact) mass is 383 g/mol. The van der Waals surface area contributed by atoms with Crippen molar-refractivity contribution in [2.75, 3.05) is 32.1 Å². The third-order valence-electron chi connectivity index (χ3n) is 4.10. The van der Waals surface area contributed by atoms with Crippen LogP contribution in [-0.2, 0) is 14.4 Å². The molecule has 2 aromatic carbocycles. The fraction of sp³-hybridized carbons (Fsp3) is 0.286. The molecule has 0 aliphatic carbocycles. The van der Waals surface area contributed by atoms with Gasteiger partial charge in [0.1, 0.15) is 5.75 Å². The van der Waals surface area contributed by atoms with Gasteiger partial charge in [0, 0.05) is 12.7 Å². The van der Waals surface area contributed by atoms with E-state index in [-0.39, 0.29) is 31.5 Å². The zero-order valence-electron chi connectivity index (χ0n) is 16.3. The minimum absolute atomic E-state index is 0.108. The van der Waals surface area contributed by atoms with Crippen molar-refractivity contribution < 1.29 is 19.1 Å². The van der Waals surface area contributed by atoms with Crippen molar-refractivity contribution in [1.29, 1.82) is 0 Å². The smallest absolute Gasteiger partial charge is 0.258 e. The first-order chi connectivity index (χ1) is 13.4. The highest BCUT2D eigenvalue weighted by molar-refractivity contribution is 5.96. The summed E-state index contributed by atoms with van der Waals surface area (Å²) in [5.41, 5.74) is 2.65. The molecule has 0 fully saturated rings. The van der Waals surface area contributed by atoms with Crippen molar-refractivity contribution >= 4 is 23.4 Å². The SMILES string of the molecule is Cc1cccc(C)c1NC(=O)CN(C)C(=O)CNC(=O)COc1ccccc1. The number of ether oxygens (including phenoxy) is 1. The Kier molecular flexibility index (Phi) is 7.56. The van der Waals surface area contributed by atoms with E-state index < -0.39 is 5.91 Å². The number of nitrogens with one attached hydrogen (secondary N) is 2. The summed E-state index contributed by atoms with van der Waals surface area (Å²) in [4.78, 5) is 37.4. The summed E-state index contributed by atoms with van der Waals surface area (Å²) in [6, 6.07) is 14.7. The lowest BCUT2D eigenvalue weighted by atomic mass is 10.1. The van der Waals surface area contributed by atoms with Gasteiger partial charge in [-0.25, -0.2) is 0 Å². The zero-order valence-corrected chi connectivity index (χ0v) is 16.3. The first-order valence-electron chi connectivity index (χ1n) is 8.91. The Hall–Kier alpha value is -3.35. The second-order valence-corrected chi connectivity index (χ2v) is 6.44. The van der Waals surface area contributed by atoms with E-state index in [0.717, 1.165) is 16.8 Å². The molecule has 0 unspecified atom stereocenters. The van der Waals surface area contributed by atoms with E-state index in [9.17, 15) is 14.4 Å². The van der Waals surface area contributed by atoms with Gasteiger partial charge in [-0.15, -0.1) is 0 Å². The summed E-state index contributed by atoms with van der Waals surface area (Å²) in [5.74, 6) is -0.508. The van der Waals surface area contributed by atoms with Gasteiger partial charge in [0.05, 0.1) is 13.1 Å². The van der Waals surface area contributed by atoms with Gasteiger partial charge in [-0.1, -0.05) is 36.4 Å². The highest BCUT2D eigenvalue weighted by atomic mass is 16.5. The Morgan fingerprint density at radius 1 is 0.929 bits per heavy atom. The average Bonchev–Trinajstić information content (AvgIpc) is 2.68. The molecule has 148 valence electrons. The molecule has 0 atom stereocenters. The van der Waals surface area contributed by atoms with Crippen molar-refractivity contribution in [3.63, 3.8) is 0 Å². The number of para-hydroxylation sites is 2. The lowest BCUT2D eigenvalue weighted by Gasteiger charge is -2.18. The van der Waals surface area contributed by atoms with Crippen molar-refractivity contribution in [2.45, 2.75) is 13.8 Å². The van der Waals surface area contributed by atoms with Gasteiger partial charge in [0.2, 0.25) is 11.8 Å². The van der Waals surface area contributed by atoms with Crippen LogP contribution in [0.5, 0.6) is 5.75 Å². The summed E-state index contributed by atoms with van der Waals surface area (Å²) in [5, 5.41) is 5.32. The highest BCUT2D eigenvalue weighted by Gasteiger charge is 2.15. The first-order valence-corrected chi connectivity index (χ1v) is 8.91. The highest BCUT2D eigenvalue weighted by Crippen LogP contribution is 2.19. The molecule has 2 aromatic rings.